The minimum Gasteiger partial charge on any atom is -0.381 e. The van der Waals surface area contributed by atoms with E-state index in [1.54, 1.807) is 0 Å². The molecule has 1 saturated heterocycles. The summed E-state index contributed by atoms with van der Waals surface area (Å²) in [4.78, 5) is 17.6. The van der Waals surface area contributed by atoms with Crippen molar-refractivity contribution >= 4 is 32.7 Å². The summed E-state index contributed by atoms with van der Waals surface area (Å²) in [6.45, 7) is 2.02. The maximum Gasteiger partial charge on any atom is 0.163 e. The molecule has 0 atom stereocenters. The molecular weight excluding hydrogens is 551 g/mol. The van der Waals surface area contributed by atoms with Crippen LogP contribution in [-0.2, 0) is 21.1 Å². The Kier molecular flexibility index (Phi) is 6.86. The second kappa shape index (κ2) is 10.6. The largest absolute Gasteiger partial charge is 0.381 e. The molecule has 1 aromatic heterocycles. The Balaban J connectivity index is 1.31. The minimum atomic E-state index is -3.04. The number of hydrogen-bond acceptors (Lipinski definition) is 5. The number of carbonyl (C=O) groups is 1. The number of carbonyl (C=O) groups excluding carboxylic acids is 1. The van der Waals surface area contributed by atoms with Crippen LogP contribution in [0.25, 0.3) is 27.7 Å². The molecule has 7 rings (SSSR count). The summed E-state index contributed by atoms with van der Waals surface area (Å²) in [6.07, 6.45) is 6.47. The Labute approximate surface area is 245 Å². The van der Waals surface area contributed by atoms with Gasteiger partial charge in [0.25, 0.3) is 0 Å². The van der Waals surface area contributed by atoms with Crippen molar-refractivity contribution in [1.82, 2.24) is 4.57 Å². The molecule has 4 aromatic rings. The third-order valence-corrected chi connectivity index (χ3v) is 10.8. The van der Waals surface area contributed by atoms with Gasteiger partial charge in [0.2, 0.25) is 0 Å². The van der Waals surface area contributed by atoms with E-state index in [0.717, 1.165) is 46.1 Å². The fourth-order valence-electron chi connectivity index (χ4n) is 6.84. The zero-order valence-corrected chi connectivity index (χ0v) is 24.4. The lowest BCUT2D eigenvalue weighted by Crippen LogP contribution is -2.36. The maximum atomic E-state index is 14.0. The van der Waals surface area contributed by atoms with E-state index in [0.29, 0.717) is 44.6 Å². The summed E-state index contributed by atoms with van der Waals surface area (Å²) in [5.74, 6) is 0.143. The normalized spacial score (nSPS) is 20.5. The molecule has 0 amide bonds. The number of aromatic nitrogens is 1. The number of aliphatic imine (C=N–C) groups is 1. The van der Waals surface area contributed by atoms with Gasteiger partial charge in [-0.05, 0) is 84.7 Å². The van der Waals surface area contributed by atoms with Gasteiger partial charge in [0, 0.05) is 65.9 Å². The molecule has 216 valence electrons. The van der Waals surface area contributed by atoms with Crippen molar-refractivity contribution in [3.63, 3.8) is 0 Å². The van der Waals surface area contributed by atoms with E-state index < -0.39 is 9.84 Å². The van der Waals surface area contributed by atoms with Crippen molar-refractivity contribution in [2.45, 2.75) is 49.8 Å². The van der Waals surface area contributed by atoms with Gasteiger partial charge >= 0.3 is 0 Å². The molecule has 8 heteroatoms. The standard InChI is InChI=1S/C34H33FN2O4S/c1-42(39,40)29-14-21(15-29)16-32(38)22-2-4-23(5-3-22)33-30-17-25-19-36-20-26(25)18-31(30)37(28-8-6-27(35)7-9-28)34(33)24-10-12-41-13-11-24/h2-9,17-18,20-21,24,29H,10-16,19H2,1H3. The van der Waals surface area contributed by atoms with E-state index in [9.17, 15) is 17.6 Å². The van der Waals surface area contributed by atoms with E-state index in [-0.39, 0.29) is 28.7 Å². The highest BCUT2D eigenvalue weighted by atomic mass is 32.2. The van der Waals surface area contributed by atoms with Crippen LogP contribution in [0, 0.1) is 11.7 Å². The number of sulfone groups is 1. The van der Waals surface area contributed by atoms with Crippen molar-refractivity contribution in [3.05, 3.63) is 88.9 Å². The molecule has 1 saturated carbocycles. The fraction of sp³-hybridized carbons (Fsp3) is 0.353. The summed E-state index contributed by atoms with van der Waals surface area (Å²) in [5.41, 5.74) is 8.22. The average molecular weight is 585 g/mol. The van der Waals surface area contributed by atoms with Gasteiger partial charge in [-0.2, -0.15) is 0 Å². The highest BCUT2D eigenvalue weighted by Crippen LogP contribution is 2.45. The van der Waals surface area contributed by atoms with Crippen LogP contribution in [0.2, 0.25) is 0 Å². The number of benzene rings is 3. The first-order chi connectivity index (χ1) is 20.3. The van der Waals surface area contributed by atoms with Gasteiger partial charge in [-0.15, -0.1) is 0 Å². The summed E-state index contributed by atoms with van der Waals surface area (Å²) < 4.78 is 45.6. The highest BCUT2D eigenvalue weighted by molar-refractivity contribution is 7.91. The van der Waals surface area contributed by atoms with Crippen LogP contribution >= 0.6 is 0 Å². The van der Waals surface area contributed by atoms with Crippen LogP contribution in [-0.4, -0.2) is 49.7 Å². The number of halogens is 1. The zero-order valence-electron chi connectivity index (χ0n) is 23.6. The van der Waals surface area contributed by atoms with Crippen molar-refractivity contribution in [2.24, 2.45) is 10.9 Å². The van der Waals surface area contributed by atoms with Crippen LogP contribution in [0.3, 0.4) is 0 Å². The molecule has 0 bridgehead atoms. The fourth-order valence-corrected chi connectivity index (χ4v) is 8.08. The SMILES string of the molecule is CS(=O)(=O)C1CC(CC(=O)c2ccc(-c3c(C4CCOCC4)n(-c4ccc(F)cc4)c4cc5c(cc34)CN=C5)cc2)C1. The van der Waals surface area contributed by atoms with Gasteiger partial charge in [0.1, 0.15) is 15.7 Å². The lowest BCUT2D eigenvalue weighted by Gasteiger charge is -2.33. The Morgan fingerprint density at radius 3 is 2.43 bits per heavy atom. The van der Waals surface area contributed by atoms with E-state index in [1.165, 1.54) is 29.6 Å². The molecule has 0 N–H and O–H groups in total. The lowest BCUT2D eigenvalue weighted by molar-refractivity contribution is 0.0843. The quantitative estimate of drug-likeness (QED) is 0.228. The lowest BCUT2D eigenvalue weighted by atomic mass is 9.80. The monoisotopic (exact) mass is 584 g/mol. The highest BCUT2D eigenvalue weighted by Gasteiger charge is 2.37. The third-order valence-electron chi connectivity index (χ3n) is 9.22. The van der Waals surface area contributed by atoms with E-state index >= 15 is 0 Å². The van der Waals surface area contributed by atoms with E-state index in [1.807, 2.05) is 42.6 Å². The van der Waals surface area contributed by atoms with Gasteiger partial charge < -0.3 is 9.30 Å². The van der Waals surface area contributed by atoms with E-state index in [4.69, 9.17) is 4.74 Å². The topological polar surface area (TPSA) is 77.7 Å². The molecular formula is C34H33FN2O4S. The van der Waals surface area contributed by atoms with Gasteiger partial charge in [0.15, 0.2) is 5.78 Å². The number of ether oxygens (including phenoxy) is 1. The molecule has 3 aromatic carbocycles. The smallest absolute Gasteiger partial charge is 0.163 e. The Morgan fingerprint density at radius 2 is 1.74 bits per heavy atom. The first-order valence-electron chi connectivity index (χ1n) is 14.6. The second-order valence-electron chi connectivity index (χ2n) is 12.0. The average Bonchev–Trinajstić information content (AvgIpc) is 3.55. The molecule has 2 aliphatic heterocycles. The van der Waals surface area contributed by atoms with Crippen LogP contribution in [0.1, 0.15) is 65.2 Å². The zero-order chi connectivity index (χ0) is 29.0. The predicted octanol–water partition coefficient (Wildman–Crippen LogP) is 6.66. The van der Waals surface area contributed by atoms with Gasteiger partial charge in [0.05, 0.1) is 17.3 Å². The molecule has 6 nitrogen and oxygen atoms in total. The summed E-state index contributed by atoms with van der Waals surface area (Å²) in [5, 5.41) is 0.803. The number of fused-ring (bicyclic) bond motifs is 2. The molecule has 1 aliphatic carbocycles. The maximum absolute atomic E-state index is 14.0. The minimum absolute atomic E-state index is 0.0480. The summed E-state index contributed by atoms with van der Waals surface area (Å²) >= 11 is 0. The molecule has 42 heavy (non-hydrogen) atoms. The Hall–Kier alpha value is -3.62. The number of Topliss-reactive ketones (excluding diaryl/α,β-unsaturated/α-hetero) is 1. The predicted molar refractivity (Wildman–Crippen MR) is 163 cm³/mol. The van der Waals surface area contributed by atoms with Gasteiger partial charge in [-0.3, -0.25) is 9.79 Å². The molecule has 2 fully saturated rings. The van der Waals surface area contributed by atoms with Crippen molar-refractivity contribution < 1.29 is 22.3 Å². The number of hydrogen-bond donors (Lipinski definition) is 0. The molecule has 0 radical (unpaired) electrons. The van der Waals surface area contributed by atoms with Crippen LogP contribution < -0.4 is 0 Å². The third kappa shape index (κ3) is 4.90. The Bertz CT molecular complexity index is 1810. The number of rotatable bonds is 7. The number of ketones is 1. The number of nitrogens with zero attached hydrogens (tertiary/aromatic N) is 2. The molecule has 3 aliphatic rings. The van der Waals surface area contributed by atoms with E-state index in [2.05, 4.69) is 21.7 Å². The first kappa shape index (κ1) is 27.2. The Morgan fingerprint density at radius 1 is 1.02 bits per heavy atom. The molecule has 0 spiro atoms. The van der Waals surface area contributed by atoms with Crippen LogP contribution in [0.4, 0.5) is 4.39 Å². The molecule has 3 heterocycles. The second-order valence-corrected chi connectivity index (χ2v) is 14.3. The van der Waals surface area contributed by atoms with Gasteiger partial charge in [-0.1, -0.05) is 24.3 Å². The summed E-state index contributed by atoms with van der Waals surface area (Å²) in [7, 11) is -3.04. The van der Waals surface area contributed by atoms with Crippen molar-refractivity contribution in [3.8, 4) is 16.8 Å². The van der Waals surface area contributed by atoms with Crippen molar-refractivity contribution in [2.75, 3.05) is 19.5 Å². The van der Waals surface area contributed by atoms with Crippen LogP contribution in [0.5, 0.6) is 0 Å². The summed E-state index contributed by atoms with van der Waals surface area (Å²) in [6, 6.07) is 19.0. The van der Waals surface area contributed by atoms with Crippen LogP contribution in [0.15, 0.2) is 65.7 Å². The van der Waals surface area contributed by atoms with Crippen molar-refractivity contribution in [1.29, 1.82) is 0 Å². The first-order valence-corrected chi connectivity index (χ1v) is 16.6. The molecule has 0 unspecified atom stereocenters. The van der Waals surface area contributed by atoms with Gasteiger partial charge in [-0.25, -0.2) is 12.8 Å².